The highest BCUT2D eigenvalue weighted by atomic mass is 16.5. The van der Waals surface area contributed by atoms with Gasteiger partial charge in [-0.15, -0.1) is 0 Å². The average Bonchev–Trinajstić information content (AvgIpc) is 2.95. The molecule has 2 aromatic rings. The molecule has 108 valence electrons. The van der Waals surface area contributed by atoms with Gasteiger partial charge in [0.15, 0.2) is 0 Å². The number of benzene rings is 1. The van der Waals surface area contributed by atoms with Crippen LogP contribution in [0.25, 0.3) is 0 Å². The summed E-state index contributed by atoms with van der Waals surface area (Å²) >= 11 is 0. The van der Waals surface area contributed by atoms with Gasteiger partial charge in [0, 0.05) is 18.2 Å². The normalized spacial score (nSPS) is 10.6. The van der Waals surface area contributed by atoms with Gasteiger partial charge in [0.25, 0.3) is 0 Å². The monoisotopic (exact) mass is 277 g/mol. The van der Waals surface area contributed by atoms with Gasteiger partial charge in [-0.2, -0.15) is 0 Å². The molecular formula is C15H19NO4. The second kappa shape index (κ2) is 6.98. The van der Waals surface area contributed by atoms with Crippen LogP contribution in [0.2, 0.25) is 0 Å². The topological polar surface area (TPSA) is 63.9 Å². The number of ether oxygens (including phenoxy) is 2. The Morgan fingerprint density at radius 1 is 1.05 bits per heavy atom. The van der Waals surface area contributed by atoms with Crippen LogP contribution in [0.15, 0.2) is 34.7 Å². The van der Waals surface area contributed by atoms with Crippen molar-refractivity contribution in [1.82, 2.24) is 5.32 Å². The highest BCUT2D eigenvalue weighted by Crippen LogP contribution is 2.24. The Balaban J connectivity index is 1.93. The molecule has 2 rings (SSSR count). The summed E-state index contributed by atoms with van der Waals surface area (Å²) < 4.78 is 15.9. The summed E-state index contributed by atoms with van der Waals surface area (Å²) in [5.41, 5.74) is 1.04. The SMILES string of the molecule is COc1ccc(CNCc2ccc(CO)o2)c(OC)c1. The Bertz CT molecular complexity index is 551. The third kappa shape index (κ3) is 3.53. The maximum atomic E-state index is 8.93. The molecule has 0 fully saturated rings. The molecule has 0 aliphatic carbocycles. The third-order valence-electron chi connectivity index (χ3n) is 2.98. The first kappa shape index (κ1) is 14.4. The summed E-state index contributed by atoms with van der Waals surface area (Å²) in [5, 5.41) is 12.2. The number of hydrogen-bond acceptors (Lipinski definition) is 5. The lowest BCUT2D eigenvalue weighted by Crippen LogP contribution is -2.13. The fraction of sp³-hybridized carbons (Fsp3) is 0.333. The quantitative estimate of drug-likeness (QED) is 0.811. The fourth-order valence-corrected chi connectivity index (χ4v) is 1.92. The number of methoxy groups -OCH3 is 2. The molecule has 5 heteroatoms. The molecule has 0 aliphatic rings. The zero-order valence-corrected chi connectivity index (χ0v) is 11.7. The minimum Gasteiger partial charge on any atom is -0.497 e. The predicted molar refractivity (Wildman–Crippen MR) is 74.7 cm³/mol. The molecule has 0 radical (unpaired) electrons. The van der Waals surface area contributed by atoms with Crippen LogP contribution < -0.4 is 14.8 Å². The number of rotatable bonds is 7. The van der Waals surface area contributed by atoms with E-state index in [1.54, 1.807) is 20.3 Å². The van der Waals surface area contributed by atoms with Crippen molar-refractivity contribution in [3.05, 3.63) is 47.4 Å². The summed E-state index contributed by atoms with van der Waals surface area (Å²) in [6.45, 7) is 1.17. The lowest BCUT2D eigenvalue weighted by Gasteiger charge is -2.10. The standard InChI is InChI=1S/C15H19NO4/c1-18-12-4-3-11(15(7-12)19-2)8-16-9-13-5-6-14(10-17)20-13/h3-7,16-17H,8-10H2,1-2H3. The van der Waals surface area contributed by atoms with Crippen molar-refractivity contribution in [2.45, 2.75) is 19.7 Å². The van der Waals surface area contributed by atoms with Crippen LogP contribution in [0.4, 0.5) is 0 Å². The average molecular weight is 277 g/mol. The van der Waals surface area contributed by atoms with E-state index in [4.69, 9.17) is 19.0 Å². The van der Waals surface area contributed by atoms with Crippen molar-refractivity contribution < 1.29 is 19.0 Å². The molecule has 0 amide bonds. The Morgan fingerprint density at radius 3 is 2.50 bits per heavy atom. The van der Waals surface area contributed by atoms with Crippen molar-refractivity contribution in [2.24, 2.45) is 0 Å². The van der Waals surface area contributed by atoms with Crippen LogP contribution >= 0.6 is 0 Å². The van der Waals surface area contributed by atoms with Crippen LogP contribution in [0, 0.1) is 0 Å². The Hall–Kier alpha value is -1.98. The number of aliphatic hydroxyl groups is 1. The number of aliphatic hydroxyl groups excluding tert-OH is 1. The molecule has 0 aliphatic heterocycles. The molecule has 1 heterocycles. The van der Waals surface area contributed by atoms with Crippen molar-refractivity contribution in [1.29, 1.82) is 0 Å². The first-order chi connectivity index (χ1) is 9.76. The van der Waals surface area contributed by atoms with E-state index >= 15 is 0 Å². The maximum Gasteiger partial charge on any atom is 0.129 e. The van der Waals surface area contributed by atoms with Gasteiger partial charge in [-0.3, -0.25) is 0 Å². The van der Waals surface area contributed by atoms with Gasteiger partial charge >= 0.3 is 0 Å². The first-order valence-electron chi connectivity index (χ1n) is 6.37. The lowest BCUT2D eigenvalue weighted by molar-refractivity contribution is 0.242. The minimum atomic E-state index is -0.0771. The van der Waals surface area contributed by atoms with Gasteiger partial charge in [-0.1, -0.05) is 6.07 Å². The van der Waals surface area contributed by atoms with E-state index in [1.165, 1.54) is 0 Å². The Labute approximate surface area is 118 Å². The Kier molecular flexibility index (Phi) is 5.03. The first-order valence-corrected chi connectivity index (χ1v) is 6.37. The van der Waals surface area contributed by atoms with Crippen LogP contribution in [-0.4, -0.2) is 19.3 Å². The fourth-order valence-electron chi connectivity index (χ4n) is 1.92. The highest BCUT2D eigenvalue weighted by Gasteiger charge is 2.06. The van der Waals surface area contributed by atoms with E-state index in [1.807, 2.05) is 24.3 Å². The van der Waals surface area contributed by atoms with Gasteiger partial charge < -0.3 is 24.3 Å². The molecule has 0 atom stereocenters. The second-order valence-electron chi connectivity index (χ2n) is 4.31. The van der Waals surface area contributed by atoms with Gasteiger partial charge in [-0.25, -0.2) is 0 Å². The third-order valence-corrected chi connectivity index (χ3v) is 2.98. The van der Waals surface area contributed by atoms with E-state index in [2.05, 4.69) is 5.32 Å². The number of nitrogens with one attached hydrogen (secondary N) is 1. The zero-order chi connectivity index (χ0) is 14.4. The lowest BCUT2D eigenvalue weighted by atomic mass is 10.2. The van der Waals surface area contributed by atoms with E-state index in [0.29, 0.717) is 18.8 Å². The highest BCUT2D eigenvalue weighted by molar-refractivity contribution is 5.40. The van der Waals surface area contributed by atoms with Crippen molar-refractivity contribution in [3.63, 3.8) is 0 Å². The minimum absolute atomic E-state index is 0.0771. The van der Waals surface area contributed by atoms with E-state index in [9.17, 15) is 0 Å². The summed E-state index contributed by atoms with van der Waals surface area (Å²) in [6, 6.07) is 9.34. The van der Waals surface area contributed by atoms with E-state index in [0.717, 1.165) is 22.8 Å². The smallest absolute Gasteiger partial charge is 0.129 e. The summed E-state index contributed by atoms with van der Waals surface area (Å²) in [6.07, 6.45) is 0. The predicted octanol–water partition coefficient (Wildman–Crippen LogP) is 2.08. The van der Waals surface area contributed by atoms with Crippen molar-refractivity contribution in [2.75, 3.05) is 14.2 Å². The molecule has 5 nitrogen and oxygen atoms in total. The van der Waals surface area contributed by atoms with Gasteiger partial charge in [0.1, 0.15) is 29.6 Å². The summed E-state index contributed by atoms with van der Waals surface area (Å²) in [5.74, 6) is 2.92. The van der Waals surface area contributed by atoms with Crippen molar-refractivity contribution in [3.8, 4) is 11.5 Å². The van der Waals surface area contributed by atoms with E-state index < -0.39 is 0 Å². The van der Waals surface area contributed by atoms with Crippen LogP contribution in [0.5, 0.6) is 11.5 Å². The largest absolute Gasteiger partial charge is 0.497 e. The van der Waals surface area contributed by atoms with E-state index in [-0.39, 0.29) is 6.61 Å². The molecule has 0 spiro atoms. The molecule has 1 aromatic heterocycles. The van der Waals surface area contributed by atoms with Gasteiger partial charge in [-0.05, 0) is 18.2 Å². The Morgan fingerprint density at radius 2 is 1.85 bits per heavy atom. The molecule has 1 aromatic carbocycles. The molecular weight excluding hydrogens is 258 g/mol. The second-order valence-corrected chi connectivity index (χ2v) is 4.31. The number of furan rings is 1. The molecule has 0 saturated heterocycles. The molecule has 0 unspecified atom stereocenters. The molecule has 20 heavy (non-hydrogen) atoms. The van der Waals surface area contributed by atoms with Crippen LogP contribution in [-0.2, 0) is 19.7 Å². The molecule has 0 saturated carbocycles. The van der Waals surface area contributed by atoms with Crippen LogP contribution in [0.3, 0.4) is 0 Å². The summed E-state index contributed by atoms with van der Waals surface area (Å²) in [7, 11) is 3.26. The molecule has 0 bridgehead atoms. The van der Waals surface area contributed by atoms with Crippen LogP contribution in [0.1, 0.15) is 17.1 Å². The number of hydrogen-bond donors (Lipinski definition) is 2. The zero-order valence-electron chi connectivity index (χ0n) is 11.7. The van der Waals surface area contributed by atoms with Crippen molar-refractivity contribution >= 4 is 0 Å². The molecule has 2 N–H and O–H groups in total. The van der Waals surface area contributed by atoms with Gasteiger partial charge in [0.2, 0.25) is 0 Å². The van der Waals surface area contributed by atoms with Gasteiger partial charge in [0.05, 0.1) is 20.8 Å². The maximum absolute atomic E-state index is 8.93. The summed E-state index contributed by atoms with van der Waals surface area (Å²) in [4.78, 5) is 0.